The fourth-order valence-electron chi connectivity index (χ4n) is 2.27. The molecule has 0 bridgehead atoms. The van der Waals surface area contributed by atoms with Crippen LogP contribution in [0.3, 0.4) is 0 Å². The fourth-order valence-corrected chi connectivity index (χ4v) is 4.59. The van der Waals surface area contributed by atoms with Crippen LogP contribution >= 0.6 is 34.8 Å². The molecule has 1 amide bonds. The second-order valence-corrected chi connectivity index (χ2v) is 8.62. The summed E-state index contributed by atoms with van der Waals surface area (Å²) < 4.78 is 26.7. The molecule has 0 aliphatic rings. The van der Waals surface area contributed by atoms with E-state index in [1.165, 1.54) is 18.2 Å². The molecule has 5 nitrogen and oxygen atoms in total. The van der Waals surface area contributed by atoms with E-state index in [1.54, 1.807) is 32.0 Å². The van der Waals surface area contributed by atoms with Crippen LogP contribution in [0.1, 0.15) is 12.5 Å². The summed E-state index contributed by atoms with van der Waals surface area (Å²) in [5, 5.41) is 3.46. The van der Waals surface area contributed by atoms with Crippen LogP contribution < -0.4 is 5.32 Å². The molecular weight excluding hydrogens is 419 g/mol. The summed E-state index contributed by atoms with van der Waals surface area (Å²) >= 11 is 17.9. The van der Waals surface area contributed by atoms with Gasteiger partial charge in [0.15, 0.2) is 0 Å². The van der Waals surface area contributed by atoms with Gasteiger partial charge in [0.2, 0.25) is 15.9 Å². The summed E-state index contributed by atoms with van der Waals surface area (Å²) in [6.07, 6.45) is 0. The zero-order valence-electron chi connectivity index (χ0n) is 14.1. The standard InChI is InChI=1S/C17H17Cl3N2O3S/c1-3-22(26(24,25)16-9-12(18)7-8-14(16)20)10-17(23)21-15-6-4-5-13(19)11(15)2/h4-9H,3,10H2,1-2H3,(H,21,23). The van der Waals surface area contributed by atoms with Crippen molar-refractivity contribution in [1.29, 1.82) is 0 Å². The maximum absolute atomic E-state index is 12.8. The number of benzene rings is 2. The molecule has 140 valence electrons. The van der Waals surface area contributed by atoms with Gasteiger partial charge in [-0.3, -0.25) is 4.79 Å². The Kier molecular flexibility index (Phi) is 6.93. The Bertz CT molecular complexity index is 933. The Morgan fingerprint density at radius 3 is 2.46 bits per heavy atom. The molecule has 0 fully saturated rings. The zero-order valence-corrected chi connectivity index (χ0v) is 17.2. The van der Waals surface area contributed by atoms with Crippen molar-refractivity contribution in [2.24, 2.45) is 0 Å². The number of amides is 1. The molecule has 0 heterocycles. The SMILES string of the molecule is CCN(CC(=O)Nc1cccc(Cl)c1C)S(=O)(=O)c1cc(Cl)ccc1Cl. The first kappa shape index (κ1) is 21.0. The molecule has 2 aromatic carbocycles. The third-order valence-electron chi connectivity index (χ3n) is 3.73. The molecule has 0 spiro atoms. The van der Waals surface area contributed by atoms with Crippen LogP contribution in [0.15, 0.2) is 41.3 Å². The minimum atomic E-state index is -3.98. The summed E-state index contributed by atoms with van der Waals surface area (Å²) in [6.45, 7) is 3.12. The number of halogens is 3. The lowest BCUT2D eigenvalue weighted by Gasteiger charge is -2.21. The Hall–Kier alpha value is -1.31. The van der Waals surface area contributed by atoms with Crippen LogP contribution in [0.25, 0.3) is 0 Å². The van der Waals surface area contributed by atoms with Gasteiger partial charge in [-0.2, -0.15) is 4.31 Å². The van der Waals surface area contributed by atoms with Crippen molar-refractivity contribution in [3.05, 3.63) is 57.0 Å². The van der Waals surface area contributed by atoms with Gasteiger partial charge in [0, 0.05) is 22.3 Å². The number of sulfonamides is 1. The van der Waals surface area contributed by atoms with E-state index in [1.807, 2.05) is 0 Å². The fraction of sp³-hybridized carbons (Fsp3) is 0.235. The lowest BCUT2D eigenvalue weighted by molar-refractivity contribution is -0.116. The zero-order chi connectivity index (χ0) is 19.5. The predicted octanol–water partition coefficient (Wildman–Crippen LogP) is 4.60. The molecule has 9 heteroatoms. The summed E-state index contributed by atoms with van der Waals surface area (Å²) in [6, 6.07) is 9.26. The number of hydrogen-bond acceptors (Lipinski definition) is 3. The number of carbonyl (C=O) groups is 1. The van der Waals surface area contributed by atoms with Gasteiger partial charge in [-0.25, -0.2) is 8.42 Å². The second-order valence-electron chi connectivity index (χ2n) is 5.47. The smallest absolute Gasteiger partial charge is 0.245 e. The van der Waals surface area contributed by atoms with Gasteiger partial charge in [-0.05, 0) is 42.8 Å². The summed E-state index contributed by atoms with van der Waals surface area (Å²) in [4.78, 5) is 12.2. The predicted molar refractivity (Wildman–Crippen MR) is 106 cm³/mol. The Morgan fingerprint density at radius 2 is 1.81 bits per heavy atom. The van der Waals surface area contributed by atoms with Gasteiger partial charge in [-0.15, -0.1) is 0 Å². The first-order chi connectivity index (χ1) is 12.2. The van der Waals surface area contributed by atoms with Crippen molar-refractivity contribution in [3.63, 3.8) is 0 Å². The third kappa shape index (κ3) is 4.69. The van der Waals surface area contributed by atoms with Crippen LogP contribution in [0, 0.1) is 6.92 Å². The average Bonchev–Trinajstić information content (AvgIpc) is 2.58. The highest BCUT2D eigenvalue weighted by Gasteiger charge is 2.28. The minimum absolute atomic E-state index is 0.0407. The van der Waals surface area contributed by atoms with Crippen molar-refractivity contribution in [2.75, 3.05) is 18.4 Å². The number of likely N-dealkylation sites (N-methyl/N-ethyl adjacent to an activating group) is 1. The van der Waals surface area contributed by atoms with Crippen molar-refractivity contribution < 1.29 is 13.2 Å². The quantitative estimate of drug-likeness (QED) is 0.721. The van der Waals surface area contributed by atoms with Crippen LogP contribution in [-0.2, 0) is 14.8 Å². The first-order valence-electron chi connectivity index (χ1n) is 7.67. The number of carbonyl (C=O) groups excluding carboxylic acids is 1. The van der Waals surface area contributed by atoms with E-state index in [0.29, 0.717) is 16.3 Å². The molecule has 0 aliphatic heterocycles. The molecule has 2 rings (SSSR count). The highest BCUT2D eigenvalue weighted by atomic mass is 35.5. The molecule has 0 aliphatic carbocycles. The Balaban J connectivity index is 2.24. The molecule has 1 N–H and O–H groups in total. The summed E-state index contributed by atoms with van der Waals surface area (Å²) in [7, 11) is -3.98. The molecule has 0 saturated carbocycles. The molecule has 2 aromatic rings. The minimum Gasteiger partial charge on any atom is -0.325 e. The highest BCUT2D eigenvalue weighted by molar-refractivity contribution is 7.89. The topological polar surface area (TPSA) is 66.5 Å². The largest absolute Gasteiger partial charge is 0.325 e. The van der Waals surface area contributed by atoms with E-state index in [9.17, 15) is 13.2 Å². The van der Waals surface area contributed by atoms with Crippen molar-refractivity contribution >= 4 is 56.4 Å². The number of rotatable bonds is 6. The molecular formula is C17H17Cl3N2O3S. The number of hydrogen-bond donors (Lipinski definition) is 1. The normalized spacial score (nSPS) is 11.6. The molecule has 0 unspecified atom stereocenters. The van der Waals surface area contributed by atoms with Gasteiger partial charge in [-0.1, -0.05) is 47.8 Å². The van der Waals surface area contributed by atoms with Gasteiger partial charge in [0.1, 0.15) is 4.90 Å². The summed E-state index contributed by atoms with van der Waals surface area (Å²) in [5.74, 6) is -0.487. The highest BCUT2D eigenvalue weighted by Crippen LogP contribution is 2.28. The lowest BCUT2D eigenvalue weighted by Crippen LogP contribution is -2.38. The number of nitrogens with zero attached hydrogens (tertiary/aromatic N) is 1. The van der Waals surface area contributed by atoms with E-state index in [-0.39, 0.29) is 28.0 Å². The van der Waals surface area contributed by atoms with E-state index in [4.69, 9.17) is 34.8 Å². The van der Waals surface area contributed by atoms with Gasteiger partial charge < -0.3 is 5.32 Å². The van der Waals surface area contributed by atoms with Crippen molar-refractivity contribution in [3.8, 4) is 0 Å². The van der Waals surface area contributed by atoms with Gasteiger partial charge in [0.25, 0.3) is 0 Å². The van der Waals surface area contributed by atoms with Gasteiger partial charge in [0.05, 0.1) is 11.6 Å². The van der Waals surface area contributed by atoms with Gasteiger partial charge >= 0.3 is 0 Å². The van der Waals surface area contributed by atoms with Crippen LogP contribution in [-0.4, -0.2) is 31.7 Å². The molecule has 0 radical (unpaired) electrons. The maximum atomic E-state index is 12.8. The number of nitrogens with one attached hydrogen (secondary N) is 1. The molecule has 0 atom stereocenters. The van der Waals surface area contributed by atoms with Crippen molar-refractivity contribution in [1.82, 2.24) is 4.31 Å². The summed E-state index contributed by atoms with van der Waals surface area (Å²) in [5.41, 5.74) is 1.23. The Labute approximate surface area is 167 Å². The van der Waals surface area contributed by atoms with E-state index in [0.717, 1.165) is 4.31 Å². The first-order valence-corrected chi connectivity index (χ1v) is 10.2. The van der Waals surface area contributed by atoms with Crippen LogP contribution in [0.5, 0.6) is 0 Å². The number of anilines is 1. The molecule has 26 heavy (non-hydrogen) atoms. The second kappa shape index (κ2) is 8.59. The average molecular weight is 436 g/mol. The van der Waals surface area contributed by atoms with E-state index >= 15 is 0 Å². The maximum Gasteiger partial charge on any atom is 0.245 e. The molecule has 0 aromatic heterocycles. The van der Waals surface area contributed by atoms with E-state index < -0.39 is 15.9 Å². The Morgan fingerprint density at radius 1 is 1.12 bits per heavy atom. The third-order valence-corrected chi connectivity index (χ3v) is 6.77. The van der Waals surface area contributed by atoms with Crippen LogP contribution in [0.4, 0.5) is 5.69 Å². The van der Waals surface area contributed by atoms with Crippen molar-refractivity contribution in [2.45, 2.75) is 18.7 Å². The lowest BCUT2D eigenvalue weighted by atomic mass is 10.2. The van der Waals surface area contributed by atoms with E-state index in [2.05, 4.69) is 5.32 Å². The monoisotopic (exact) mass is 434 g/mol. The molecule has 0 saturated heterocycles. The van der Waals surface area contributed by atoms with Crippen LogP contribution in [0.2, 0.25) is 15.1 Å².